The summed E-state index contributed by atoms with van der Waals surface area (Å²) < 4.78 is 5.62. The van der Waals surface area contributed by atoms with Gasteiger partial charge in [-0.25, -0.2) is 0 Å². The third kappa shape index (κ3) is 2.00. The Kier molecular flexibility index (Phi) is 4.11. The average Bonchev–Trinajstić information content (AvgIpc) is 2.18. The molecule has 1 aliphatic heterocycles. The lowest BCUT2D eigenvalue weighted by Crippen LogP contribution is -2.20. The molecule has 2 rings (SSSR count). The Morgan fingerprint density at radius 3 is 3.00 bits per heavy atom. The Morgan fingerprint density at radius 2 is 2.29 bits per heavy atom. The lowest BCUT2D eigenvalue weighted by molar-refractivity contribution is 0.262. The molecule has 0 spiro atoms. The highest BCUT2D eigenvalue weighted by Crippen LogP contribution is 2.37. The topological polar surface area (TPSA) is 35.2 Å². The molecule has 1 aromatic carbocycles. The third-order valence-electron chi connectivity index (χ3n) is 2.30. The van der Waals surface area contributed by atoms with Crippen molar-refractivity contribution in [3.63, 3.8) is 0 Å². The van der Waals surface area contributed by atoms with Gasteiger partial charge in [0.05, 0.1) is 6.61 Å². The summed E-state index contributed by atoms with van der Waals surface area (Å²) in [4.78, 5) is 1.19. The van der Waals surface area contributed by atoms with Crippen molar-refractivity contribution in [2.75, 3.05) is 12.9 Å². The van der Waals surface area contributed by atoms with E-state index in [2.05, 4.69) is 18.4 Å². The molecule has 0 radical (unpaired) electrons. The Balaban J connectivity index is 0.000000980. The summed E-state index contributed by atoms with van der Waals surface area (Å²) in [5.41, 5.74) is 7.13. The van der Waals surface area contributed by atoms with Crippen molar-refractivity contribution in [2.24, 2.45) is 5.73 Å². The molecule has 78 valence electrons. The van der Waals surface area contributed by atoms with Crippen LogP contribution >= 0.6 is 24.2 Å². The number of fused-ring (bicyclic) bond motifs is 1. The van der Waals surface area contributed by atoms with Gasteiger partial charge in [0, 0.05) is 22.9 Å². The van der Waals surface area contributed by atoms with Crippen LogP contribution in [0.3, 0.4) is 0 Å². The van der Waals surface area contributed by atoms with Crippen molar-refractivity contribution in [2.45, 2.75) is 17.4 Å². The molecule has 1 heterocycles. The molecule has 0 saturated carbocycles. The van der Waals surface area contributed by atoms with E-state index in [1.54, 1.807) is 11.8 Å². The molecular weight excluding hydrogens is 218 g/mol. The van der Waals surface area contributed by atoms with Crippen LogP contribution in [0, 0.1) is 0 Å². The van der Waals surface area contributed by atoms with E-state index in [1.165, 1.54) is 4.90 Å². The number of nitrogens with two attached hydrogens (primary N) is 1. The summed E-state index contributed by atoms with van der Waals surface area (Å²) in [5.74, 6) is 0.994. The Bertz CT molecular complexity index is 319. The highest BCUT2D eigenvalue weighted by Gasteiger charge is 2.19. The minimum absolute atomic E-state index is 0. The Morgan fingerprint density at radius 1 is 1.50 bits per heavy atom. The predicted octanol–water partition coefficient (Wildman–Crippen LogP) is 2.61. The number of halogens is 1. The molecule has 14 heavy (non-hydrogen) atoms. The van der Waals surface area contributed by atoms with Gasteiger partial charge in [0.15, 0.2) is 0 Å². The minimum atomic E-state index is 0. The van der Waals surface area contributed by atoms with Gasteiger partial charge in [-0.15, -0.1) is 24.2 Å². The zero-order valence-electron chi connectivity index (χ0n) is 8.03. The van der Waals surface area contributed by atoms with Crippen molar-refractivity contribution < 1.29 is 4.74 Å². The molecule has 0 amide bonds. The molecule has 0 unspecified atom stereocenters. The molecule has 4 heteroatoms. The van der Waals surface area contributed by atoms with Gasteiger partial charge in [-0.3, -0.25) is 0 Å². The number of para-hydroxylation sites is 1. The largest absolute Gasteiger partial charge is 0.492 e. The number of rotatable bonds is 1. The van der Waals surface area contributed by atoms with Gasteiger partial charge >= 0.3 is 0 Å². The van der Waals surface area contributed by atoms with Crippen molar-refractivity contribution in [1.29, 1.82) is 0 Å². The summed E-state index contributed by atoms with van der Waals surface area (Å²) >= 11 is 1.70. The molecule has 0 saturated heterocycles. The summed E-state index contributed by atoms with van der Waals surface area (Å²) in [5, 5.41) is 0. The standard InChI is InChI=1S/C10H13NOS.ClH/c1-13-9-4-2-3-7-8(11)5-6-12-10(7)9;/h2-4,8H,5-6,11H2,1H3;1H/t8-;/m0./s1. The van der Waals surface area contributed by atoms with Crippen LogP contribution in [0.2, 0.25) is 0 Å². The van der Waals surface area contributed by atoms with Crippen LogP contribution in [0.1, 0.15) is 18.0 Å². The van der Waals surface area contributed by atoms with E-state index in [-0.39, 0.29) is 18.4 Å². The molecule has 1 aromatic rings. The molecule has 1 aliphatic rings. The SMILES string of the molecule is CSc1cccc2c1OCC[C@@H]2N.Cl. The van der Waals surface area contributed by atoms with E-state index in [1.807, 2.05) is 6.07 Å². The van der Waals surface area contributed by atoms with E-state index in [9.17, 15) is 0 Å². The van der Waals surface area contributed by atoms with Crippen molar-refractivity contribution in [3.05, 3.63) is 23.8 Å². The van der Waals surface area contributed by atoms with Gasteiger partial charge in [0.25, 0.3) is 0 Å². The first-order valence-corrected chi connectivity index (χ1v) is 5.60. The quantitative estimate of drug-likeness (QED) is 0.755. The van der Waals surface area contributed by atoms with E-state index < -0.39 is 0 Å². The van der Waals surface area contributed by atoms with Gasteiger partial charge in [0.2, 0.25) is 0 Å². The van der Waals surface area contributed by atoms with Gasteiger partial charge in [-0.1, -0.05) is 12.1 Å². The lowest BCUT2D eigenvalue weighted by Gasteiger charge is -2.24. The van der Waals surface area contributed by atoms with Crippen LogP contribution in [0.25, 0.3) is 0 Å². The maximum Gasteiger partial charge on any atom is 0.137 e. The zero-order valence-corrected chi connectivity index (χ0v) is 9.66. The fourth-order valence-corrected chi connectivity index (χ4v) is 2.16. The highest BCUT2D eigenvalue weighted by molar-refractivity contribution is 7.98. The van der Waals surface area contributed by atoms with Crippen LogP contribution in [0.15, 0.2) is 23.1 Å². The number of hydrogen-bond acceptors (Lipinski definition) is 3. The molecule has 0 fully saturated rings. The van der Waals surface area contributed by atoms with Crippen LogP contribution in [0.4, 0.5) is 0 Å². The summed E-state index contributed by atoms with van der Waals surface area (Å²) in [6.07, 6.45) is 2.98. The summed E-state index contributed by atoms with van der Waals surface area (Å²) in [6.45, 7) is 0.742. The Labute approximate surface area is 94.6 Å². The molecule has 0 bridgehead atoms. The van der Waals surface area contributed by atoms with Crippen molar-refractivity contribution >= 4 is 24.2 Å². The molecule has 1 atom stereocenters. The second kappa shape index (κ2) is 4.91. The fourth-order valence-electron chi connectivity index (χ4n) is 1.58. The highest BCUT2D eigenvalue weighted by atomic mass is 35.5. The smallest absolute Gasteiger partial charge is 0.137 e. The van der Waals surface area contributed by atoms with Crippen LogP contribution in [0.5, 0.6) is 5.75 Å². The number of benzene rings is 1. The van der Waals surface area contributed by atoms with E-state index in [0.717, 1.165) is 24.3 Å². The first-order chi connectivity index (χ1) is 6.33. The average molecular weight is 232 g/mol. The normalized spacial score (nSPS) is 19.1. The second-order valence-corrected chi connectivity index (χ2v) is 3.97. The monoisotopic (exact) mass is 231 g/mol. The fraction of sp³-hybridized carbons (Fsp3) is 0.400. The molecule has 0 aromatic heterocycles. The first kappa shape index (κ1) is 11.7. The Hall–Kier alpha value is -0.380. The third-order valence-corrected chi connectivity index (χ3v) is 3.07. The molecule has 2 nitrogen and oxygen atoms in total. The predicted molar refractivity (Wildman–Crippen MR) is 62.5 cm³/mol. The maximum absolute atomic E-state index is 5.98. The van der Waals surface area contributed by atoms with Crippen molar-refractivity contribution in [3.8, 4) is 5.75 Å². The summed E-state index contributed by atoms with van der Waals surface area (Å²) in [6, 6.07) is 6.32. The number of hydrogen-bond donors (Lipinski definition) is 1. The van der Waals surface area contributed by atoms with Gasteiger partial charge in [0.1, 0.15) is 5.75 Å². The molecular formula is C10H14ClNOS. The van der Waals surface area contributed by atoms with Gasteiger partial charge < -0.3 is 10.5 Å². The maximum atomic E-state index is 5.98. The second-order valence-electron chi connectivity index (χ2n) is 3.12. The molecule has 2 N–H and O–H groups in total. The summed E-state index contributed by atoms with van der Waals surface area (Å²) in [7, 11) is 0. The van der Waals surface area contributed by atoms with Crippen LogP contribution < -0.4 is 10.5 Å². The zero-order chi connectivity index (χ0) is 9.26. The number of ether oxygens (including phenoxy) is 1. The van der Waals surface area contributed by atoms with Gasteiger partial charge in [-0.2, -0.15) is 0 Å². The number of thioether (sulfide) groups is 1. The van der Waals surface area contributed by atoms with E-state index >= 15 is 0 Å². The van der Waals surface area contributed by atoms with E-state index in [0.29, 0.717) is 0 Å². The minimum Gasteiger partial charge on any atom is -0.492 e. The van der Waals surface area contributed by atoms with Crippen molar-refractivity contribution in [1.82, 2.24) is 0 Å². The molecule has 0 aliphatic carbocycles. The lowest BCUT2D eigenvalue weighted by atomic mass is 10.0. The van der Waals surface area contributed by atoms with E-state index in [4.69, 9.17) is 10.5 Å². The first-order valence-electron chi connectivity index (χ1n) is 4.38. The van der Waals surface area contributed by atoms with Crippen LogP contribution in [-0.4, -0.2) is 12.9 Å². The van der Waals surface area contributed by atoms with Gasteiger partial charge in [-0.05, 0) is 12.3 Å². The van der Waals surface area contributed by atoms with Crippen LogP contribution in [-0.2, 0) is 0 Å².